The lowest BCUT2D eigenvalue weighted by Crippen LogP contribution is -2.49. The number of carbonyl (C=O) groups is 2. The molecular formula is C23H27ClN2O3. The fourth-order valence-electron chi connectivity index (χ4n) is 5.65. The van der Waals surface area contributed by atoms with Crippen LogP contribution in [0, 0.1) is 17.8 Å². The molecule has 1 aromatic carbocycles. The Labute approximate surface area is 176 Å². The van der Waals surface area contributed by atoms with Gasteiger partial charge in [0.05, 0.1) is 24.5 Å². The first-order chi connectivity index (χ1) is 14.0. The van der Waals surface area contributed by atoms with Gasteiger partial charge in [-0.1, -0.05) is 61.7 Å². The summed E-state index contributed by atoms with van der Waals surface area (Å²) in [7, 11) is 0. The zero-order valence-electron chi connectivity index (χ0n) is 16.6. The molecule has 154 valence electrons. The smallest absolute Gasteiger partial charge is 0.230 e. The van der Waals surface area contributed by atoms with E-state index >= 15 is 0 Å². The first kappa shape index (κ1) is 19.1. The molecule has 2 amide bonds. The minimum Gasteiger partial charge on any atom is -0.360 e. The lowest BCUT2D eigenvalue weighted by molar-refractivity contribution is -0.138. The van der Waals surface area contributed by atoms with E-state index in [1.807, 2.05) is 36.4 Å². The highest BCUT2D eigenvalue weighted by Crippen LogP contribution is 2.52. The van der Waals surface area contributed by atoms with Crippen molar-refractivity contribution in [3.63, 3.8) is 0 Å². The van der Waals surface area contributed by atoms with E-state index in [9.17, 15) is 9.59 Å². The second-order valence-electron chi connectivity index (χ2n) is 9.06. The topological polar surface area (TPSA) is 58.6 Å². The van der Waals surface area contributed by atoms with Crippen LogP contribution in [0.2, 0.25) is 5.02 Å². The number of benzene rings is 1. The van der Waals surface area contributed by atoms with E-state index in [0.29, 0.717) is 24.0 Å². The second-order valence-corrected chi connectivity index (χ2v) is 9.47. The predicted molar refractivity (Wildman–Crippen MR) is 110 cm³/mol. The first-order valence-electron chi connectivity index (χ1n) is 10.7. The Bertz CT molecular complexity index is 871. The molecule has 3 fully saturated rings. The summed E-state index contributed by atoms with van der Waals surface area (Å²) in [5.74, 6) is -0.448. The number of carbonyl (C=O) groups excluding carboxylic acids is 2. The maximum atomic E-state index is 13.3. The maximum absolute atomic E-state index is 13.3. The highest BCUT2D eigenvalue weighted by atomic mass is 35.5. The van der Waals surface area contributed by atoms with Crippen molar-refractivity contribution in [1.82, 2.24) is 10.2 Å². The summed E-state index contributed by atoms with van der Waals surface area (Å²) in [6, 6.07) is 7.77. The van der Waals surface area contributed by atoms with Crippen molar-refractivity contribution in [1.29, 1.82) is 0 Å². The molecule has 3 aliphatic heterocycles. The van der Waals surface area contributed by atoms with Crippen LogP contribution in [0.4, 0.5) is 0 Å². The van der Waals surface area contributed by atoms with Crippen LogP contribution < -0.4 is 5.32 Å². The average Bonchev–Trinajstić information content (AvgIpc) is 3.34. The van der Waals surface area contributed by atoms with Crippen molar-refractivity contribution in [2.24, 2.45) is 17.8 Å². The molecule has 1 spiro atoms. The van der Waals surface area contributed by atoms with Gasteiger partial charge in [-0.3, -0.25) is 9.59 Å². The summed E-state index contributed by atoms with van der Waals surface area (Å²) in [4.78, 5) is 28.4. The average molecular weight is 415 g/mol. The molecule has 2 bridgehead atoms. The third-order valence-electron chi connectivity index (χ3n) is 7.24. The third kappa shape index (κ3) is 3.10. The van der Waals surface area contributed by atoms with Crippen molar-refractivity contribution < 1.29 is 14.3 Å². The van der Waals surface area contributed by atoms with E-state index in [-0.39, 0.29) is 24.0 Å². The van der Waals surface area contributed by atoms with Crippen LogP contribution >= 0.6 is 11.6 Å². The molecule has 3 heterocycles. The minimum absolute atomic E-state index is 0.00591. The fourth-order valence-corrected chi connectivity index (χ4v) is 5.85. The Morgan fingerprint density at radius 1 is 1.31 bits per heavy atom. The molecule has 2 saturated heterocycles. The van der Waals surface area contributed by atoms with Crippen LogP contribution in [0.5, 0.6) is 0 Å². The predicted octanol–water partition coefficient (Wildman–Crippen LogP) is 3.32. The molecule has 1 aliphatic carbocycles. The summed E-state index contributed by atoms with van der Waals surface area (Å²) < 4.78 is 6.23. The van der Waals surface area contributed by atoms with Gasteiger partial charge in [0.2, 0.25) is 11.8 Å². The summed E-state index contributed by atoms with van der Waals surface area (Å²) >= 11 is 6.30. The molecule has 4 aliphatic rings. The third-order valence-corrected chi connectivity index (χ3v) is 7.61. The van der Waals surface area contributed by atoms with E-state index < -0.39 is 17.4 Å². The van der Waals surface area contributed by atoms with Gasteiger partial charge in [0.15, 0.2) is 0 Å². The molecule has 29 heavy (non-hydrogen) atoms. The van der Waals surface area contributed by atoms with Crippen LogP contribution in [-0.4, -0.2) is 41.0 Å². The summed E-state index contributed by atoms with van der Waals surface area (Å²) in [5.41, 5.74) is 0.234. The van der Waals surface area contributed by atoms with Crippen LogP contribution in [-0.2, 0) is 20.9 Å². The van der Waals surface area contributed by atoms with Gasteiger partial charge in [0.1, 0.15) is 5.60 Å². The molecule has 1 aromatic rings. The Morgan fingerprint density at radius 2 is 2.10 bits per heavy atom. The number of amides is 2. The lowest BCUT2D eigenvalue weighted by Gasteiger charge is -2.32. The molecule has 6 heteroatoms. The Kier molecular flexibility index (Phi) is 4.71. The number of hydrogen-bond acceptors (Lipinski definition) is 3. The minimum atomic E-state index is -0.677. The fraction of sp³-hybridized carbons (Fsp3) is 0.565. The van der Waals surface area contributed by atoms with Crippen molar-refractivity contribution in [3.05, 3.63) is 47.0 Å². The number of ether oxygens (including phenoxy) is 1. The van der Waals surface area contributed by atoms with Crippen LogP contribution in [0.3, 0.4) is 0 Å². The zero-order chi connectivity index (χ0) is 20.2. The quantitative estimate of drug-likeness (QED) is 0.769. The van der Waals surface area contributed by atoms with Gasteiger partial charge >= 0.3 is 0 Å². The van der Waals surface area contributed by atoms with Gasteiger partial charge in [-0.25, -0.2) is 0 Å². The Morgan fingerprint density at radius 3 is 2.90 bits per heavy atom. The maximum Gasteiger partial charge on any atom is 0.230 e. The second kappa shape index (κ2) is 7.13. The van der Waals surface area contributed by atoms with Crippen molar-refractivity contribution in [2.45, 2.75) is 56.9 Å². The molecule has 1 saturated carbocycles. The number of halogens is 1. The monoisotopic (exact) mass is 414 g/mol. The highest BCUT2D eigenvalue weighted by molar-refractivity contribution is 6.31. The van der Waals surface area contributed by atoms with Gasteiger partial charge in [-0.05, 0) is 30.4 Å². The molecule has 0 aromatic heterocycles. The summed E-state index contributed by atoms with van der Waals surface area (Å²) in [6.45, 7) is 3.11. The van der Waals surface area contributed by atoms with Crippen LogP contribution in [0.15, 0.2) is 36.4 Å². The first-order valence-corrected chi connectivity index (χ1v) is 11.1. The molecule has 5 nitrogen and oxygen atoms in total. The van der Waals surface area contributed by atoms with Crippen molar-refractivity contribution in [3.8, 4) is 0 Å². The normalized spacial score (nSPS) is 37.8. The SMILES string of the molecule is C[C@@H]1CCCC[C@@H]1NC(=O)[C@@H]1[C@H]2C=C[C@@]3(CN(Cc4ccccc4Cl)C(=O)[C@@H]13)O2. The summed E-state index contributed by atoms with van der Waals surface area (Å²) in [5, 5.41) is 3.90. The van der Waals surface area contributed by atoms with E-state index in [1.54, 1.807) is 4.90 Å². The number of nitrogens with zero attached hydrogens (tertiary/aromatic N) is 1. The van der Waals surface area contributed by atoms with Gasteiger partial charge in [-0.15, -0.1) is 0 Å². The molecule has 1 N–H and O–H groups in total. The van der Waals surface area contributed by atoms with Crippen LogP contribution in [0.25, 0.3) is 0 Å². The zero-order valence-corrected chi connectivity index (χ0v) is 17.4. The number of hydrogen-bond donors (Lipinski definition) is 1. The van der Waals surface area contributed by atoms with Crippen molar-refractivity contribution >= 4 is 23.4 Å². The highest BCUT2D eigenvalue weighted by Gasteiger charge is 2.66. The molecular weight excluding hydrogens is 388 g/mol. The van der Waals surface area contributed by atoms with E-state index in [1.165, 1.54) is 6.42 Å². The molecule has 0 radical (unpaired) electrons. The number of fused-ring (bicyclic) bond motifs is 1. The van der Waals surface area contributed by atoms with Gasteiger partial charge in [0, 0.05) is 17.6 Å². The molecule has 0 unspecified atom stereocenters. The number of nitrogens with one attached hydrogen (secondary N) is 1. The number of rotatable bonds is 4. The van der Waals surface area contributed by atoms with Gasteiger partial charge in [-0.2, -0.15) is 0 Å². The summed E-state index contributed by atoms with van der Waals surface area (Å²) in [6.07, 6.45) is 8.21. The molecule has 5 rings (SSSR count). The largest absolute Gasteiger partial charge is 0.360 e. The van der Waals surface area contributed by atoms with E-state index in [0.717, 1.165) is 24.8 Å². The van der Waals surface area contributed by atoms with Gasteiger partial charge < -0.3 is 15.0 Å². The van der Waals surface area contributed by atoms with E-state index in [2.05, 4.69) is 12.2 Å². The molecule has 6 atom stereocenters. The Hall–Kier alpha value is -1.85. The van der Waals surface area contributed by atoms with E-state index in [4.69, 9.17) is 16.3 Å². The lowest BCUT2D eigenvalue weighted by atomic mass is 9.76. The standard InChI is InChI=1S/C23H27ClN2O3/c1-14-6-2-5-9-17(14)25-21(27)19-18-10-11-23(29-18)13-26(22(28)20(19)23)12-15-7-3-4-8-16(15)24/h3-4,7-8,10-11,14,17-20H,2,5-6,9,12-13H2,1H3,(H,25,27)/t14-,17+,18-,19-,20-,23+/m1/s1. The van der Waals surface area contributed by atoms with Crippen LogP contribution in [0.1, 0.15) is 38.2 Å². The Balaban J connectivity index is 1.35. The van der Waals surface area contributed by atoms with Gasteiger partial charge in [0.25, 0.3) is 0 Å². The number of likely N-dealkylation sites (tertiary alicyclic amines) is 1. The van der Waals surface area contributed by atoms with Crippen molar-refractivity contribution in [2.75, 3.05) is 6.54 Å².